The van der Waals surface area contributed by atoms with Crippen molar-refractivity contribution < 1.29 is 9.53 Å². The van der Waals surface area contributed by atoms with E-state index in [0.717, 1.165) is 37.8 Å². The van der Waals surface area contributed by atoms with E-state index in [1.54, 1.807) is 0 Å². The Bertz CT molecular complexity index is 312. The zero-order chi connectivity index (χ0) is 15.9. The van der Waals surface area contributed by atoms with Crippen molar-refractivity contribution in [3.8, 4) is 0 Å². The fourth-order valence-corrected chi connectivity index (χ4v) is 4.26. The van der Waals surface area contributed by atoms with Crippen molar-refractivity contribution in [3.05, 3.63) is 0 Å². The van der Waals surface area contributed by atoms with Crippen LogP contribution in [-0.4, -0.2) is 36.1 Å². The number of esters is 1. The Morgan fingerprint density at radius 3 is 2.48 bits per heavy atom. The van der Waals surface area contributed by atoms with E-state index in [-0.39, 0.29) is 11.5 Å². The molecule has 0 spiro atoms. The topological polar surface area (TPSA) is 29.5 Å². The summed E-state index contributed by atoms with van der Waals surface area (Å²) in [6, 6.07) is 0. The summed E-state index contributed by atoms with van der Waals surface area (Å²) in [5.74, 6) is 1.48. The maximum absolute atomic E-state index is 12.1. The molecule has 0 saturated heterocycles. The first kappa shape index (κ1) is 18.5. The van der Waals surface area contributed by atoms with Gasteiger partial charge in [-0.25, -0.2) is 0 Å². The van der Waals surface area contributed by atoms with E-state index >= 15 is 0 Å². The van der Waals surface area contributed by atoms with Gasteiger partial charge in [0.1, 0.15) is 0 Å². The van der Waals surface area contributed by atoms with Gasteiger partial charge in [0, 0.05) is 5.54 Å². The highest BCUT2D eigenvalue weighted by Gasteiger charge is 2.42. The molecule has 0 heterocycles. The molecule has 0 N–H and O–H groups in total. The van der Waals surface area contributed by atoms with Crippen molar-refractivity contribution in [1.82, 2.24) is 4.90 Å². The molecular formula is C18H35NO2. The van der Waals surface area contributed by atoms with Crippen molar-refractivity contribution in [2.75, 3.05) is 19.7 Å². The van der Waals surface area contributed by atoms with Crippen molar-refractivity contribution in [2.45, 2.75) is 78.7 Å². The summed E-state index contributed by atoms with van der Waals surface area (Å²) in [5.41, 5.74) is 0.0353. The molecule has 0 aromatic carbocycles. The zero-order valence-corrected chi connectivity index (χ0v) is 14.8. The second kappa shape index (κ2) is 8.77. The summed E-state index contributed by atoms with van der Waals surface area (Å²) in [4.78, 5) is 14.6. The minimum Gasteiger partial charge on any atom is -0.466 e. The van der Waals surface area contributed by atoms with Crippen LogP contribution in [0, 0.1) is 11.8 Å². The summed E-state index contributed by atoms with van der Waals surface area (Å²) in [5, 5.41) is 0. The quantitative estimate of drug-likeness (QED) is 0.627. The fourth-order valence-electron chi connectivity index (χ4n) is 4.26. The van der Waals surface area contributed by atoms with E-state index in [2.05, 4.69) is 32.6 Å². The molecule has 0 radical (unpaired) electrons. The van der Waals surface area contributed by atoms with Crippen LogP contribution in [-0.2, 0) is 9.53 Å². The van der Waals surface area contributed by atoms with Gasteiger partial charge in [0.15, 0.2) is 0 Å². The lowest BCUT2D eigenvalue weighted by Gasteiger charge is -2.48. The molecule has 21 heavy (non-hydrogen) atoms. The number of nitrogens with zero attached hydrogens (tertiary/aromatic N) is 1. The molecule has 0 aliphatic heterocycles. The molecule has 2 atom stereocenters. The zero-order valence-electron chi connectivity index (χ0n) is 14.8. The summed E-state index contributed by atoms with van der Waals surface area (Å²) in [6.07, 6.45) is 6.72. The van der Waals surface area contributed by atoms with Crippen LogP contribution >= 0.6 is 0 Å². The average Bonchev–Trinajstić information content (AvgIpc) is 2.39. The Balaban J connectivity index is 2.87. The van der Waals surface area contributed by atoms with Gasteiger partial charge in [0.2, 0.25) is 0 Å². The van der Waals surface area contributed by atoms with Gasteiger partial charge < -0.3 is 4.74 Å². The molecule has 1 saturated carbocycles. The first-order valence-corrected chi connectivity index (χ1v) is 8.88. The Labute approximate surface area is 131 Å². The Hall–Kier alpha value is -0.570. The van der Waals surface area contributed by atoms with Gasteiger partial charge in [0.25, 0.3) is 0 Å². The van der Waals surface area contributed by atoms with Gasteiger partial charge in [-0.05, 0) is 51.1 Å². The molecule has 1 rings (SSSR count). The van der Waals surface area contributed by atoms with Crippen molar-refractivity contribution in [2.24, 2.45) is 11.8 Å². The van der Waals surface area contributed by atoms with E-state index in [1.807, 2.05) is 6.92 Å². The van der Waals surface area contributed by atoms with Crippen molar-refractivity contribution in [1.29, 1.82) is 0 Å². The van der Waals surface area contributed by atoms with Gasteiger partial charge in [-0.2, -0.15) is 0 Å². The molecule has 0 aromatic heterocycles. The smallest absolute Gasteiger partial charge is 0.307 e. The molecule has 1 aliphatic carbocycles. The summed E-state index contributed by atoms with van der Waals surface area (Å²) in [6.45, 7) is 13.4. The second-order valence-corrected chi connectivity index (χ2v) is 6.97. The molecule has 1 fully saturated rings. The highest BCUT2D eigenvalue weighted by atomic mass is 16.5. The number of hydrogen-bond donors (Lipinski definition) is 0. The molecule has 2 unspecified atom stereocenters. The van der Waals surface area contributed by atoms with Crippen molar-refractivity contribution in [3.63, 3.8) is 0 Å². The van der Waals surface area contributed by atoms with Gasteiger partial charge in [-0.15, -0.1) is 0 Å². The number of hydrogen-bond acceptors (Lipinski definition) is 3. The van der Waals surface area contributed by atoms with Gasteiger partial charge in [0.05, 0.1) is 13.0 Å². The molecule has 0 bridgehead atoms. The molecule has 0 aromatic rings. The molecule has 3 heteroatoms. The third-order valence-electron chi connectivity index (χ3n) is 4.94. The highest BCUT2D eigenvalue weighted by molar-refractivity contribution is 5.71. The lowest BCUT2D eigenvalue weighted by atomic mass is 9.70. The summed E-state index contributed by atoms with van der Waals surface area (Å²) >= 11 is 0. The molecule has 0 amide bonds. The lowest BCUT2D eigenvalue weighted by molar-refractivity contribution is -0.148. The van der Waals surface area contributed by atoms with Crippen LogP contribution < -0.4 is 0 Å². The summed E-state index contributed by atoms with van der Waals surface area (Å²) < 4.78 is 5.26. The highest BCUT2D eigenvalue weighted by Crippen LogP contribution is 2.41. The van der Waals surface area contributed by atoms with Crippen LogP contribution in [0.4, 0.5) is 0 Å². The number of carbonyl (C=O) groups excluding carboxylic acids is 1. The SMILES string of the molecule is CCOC(=O)CC1(N(CC)CC)CCCC(CC(C)C)C1. The van der Waals surface area contributed by atoms with E-state index in [1.165, 1.54) is 19.3 Å². The van der Waals surface area contributed by atoms with Gasteiger partial charge in [-0.3, -0.25) is 9.69 Å². The molecular weight excluding hydrogens is 262 g/mol. The molecule has 1 aliphatic rings. The standard InChI is InChI=1S/C18H35NO2/c1-6-19(7-2)18(14-17(20)21-8-3)11-9-10-16(13-18)12-15(4)5/h15-16H,6-14H2,1-5H3. The van der Waals surface area contributed by atoms with E-state index in [4.69, 9.17) is 4.74 Å². The van der Waals surface area contributed by atoms with Gasteiger partial charge in [-0.1, -0.05) is 40.5 Å². The van der Waals surface area contributed by atoms with Crippen LogP contribution in [0.1, 0.15) is 73.1 Å². The van der Waals surface area contributed by atoms with Crippen LogP contribution in [0.15, 0.2) is 0 Å². The Kier molecular flexibility index (Phi) is 7.72. The van der Waals surface area contributed by atoms with E-state index in [0.29, 0.717) is 13.0 Å². The minimum absolute atomic E-state index is 0.0189. The number of ether oxygens (including phenoxy) is 1. The maximum atomic E-state index is 12.1. The largest absolute Gasteiger partial charge is 0.466 e. The van der Waals surface area contributed by atoms with E-state index < -0.39 is 0 Å². The van der Waals surface area contributed by atoms with Gasteiger partial charge >= 0.3 is 5.97 Å². The maximum Gasteiger partial charge on any atom is 0.307 e. The second-order valence-electron chi connectivity index (χ2n) is 6.97. The Morgan fingerprint density at radius 1 is 1.29 bits per heavy atom. The molecule has 3 nitrogen and oxygen atoms in total. The summed E-state index contributed by atoms with van der Waals surface area (Å²) in [7, 11) is 0. The first-order chi connectivity index (χ1) is 9.97. The van der Waals surface area contributed by atoms with Crippen molar-refractivity contribution >= 4 is 5.97 Å². The Morgan fingerprint density at radius 2 is 1.95 bits per heavy atom. The third-order valence-corrected chi connectivity index (χ3v) is 4.94. The van der Waals surface area contributed by atoms with Crippen LogP contribution in [0.25, 0.3) is 0 Å². The predicted molar refractivity (Wildman–Crippen MR) is 88.3 cm³/mol. The number of rotatable bonds is 8. The number of carbonyl (C=O) groups is 1. The lowest BCUT2D eigenvalue weighted by Crippen LogP contribution is -2.53. The third kappa shape index (κ3) is 5.28. The van der Waals surface area contributed by atoms with E-state index in [9.17, 15) is 4.79 Å². The predicted octanol–water partition coefficient (Wildman–Crippen LogP) is 4.26. The minimum atomic E-state index is -0.0189. The van der Waals surface area contributed by atoms with Crippen LogP contribution in [0.3, 0.4) is 0 Å². The average molecular weight is 297 g/mol. The monoisotopic (exact) mass is 297 g/mol. The fraction of sp³-hybridized carbons (Fsp3) is 0.944. The molecule has 124 valence electrons. The van der Waals surface area contributed by atoms with Crippen LogP contribution in [0.2, 0.25) is 0 Å². The first-order valence-electron chi connectivity index (χ1n) is 8.88. The normalized spacial score (nSPS) is 26.3. The van der Waals surface area contributed by atoms with Crippen LogP contribution in [0.5, 0.6) is 0 Å².